The smallest absolute Gasteiger partial charge is 0.262 e. The summed E-state index contributed by atoms with van der Waals surface area (Å²) < 4.78 is 33.0. The molecule has 0 bridgehead atoms. The minimum Gasteiger partial charge on any atom is -0.482 e. The standard InChI is InChI=1S/C16H16N2O4S2/c19-16-10-22-14-6-5-11(9-12(14)17-16)24(20,21)18-7-1-3-13(18)15-4-2-8-23-15/h2,4-6,8-9,13H,1,3,7,10H2,(H,17,19). The molecule has 0 aliphatic carbocycles. The minimum atomic E-state index is -3.63. The van der Waals surface area contributed by atoms with Crippen LogP contribution in [0.25, 0.3) is 0 Å². The molecule has 126 valence electrons. The number of rotatable bonds is 3. The van der Waals surface area contributed by atoms with Crippen LogP contribution in [0.4, 0.5) is 5.69 Å². The highest BCUT2D eigenvalue weighted by atomic mass is 32.2. The summed E-state index contributed by atoms with van der Waals surface area (Å²) in [5.74, 6) is 0.208. The second-order valence-corrected chi connectivity index (χ2v) is 8.65. The largest absolute Gasteiger partial charge is 0.482 e. The second kappa shape index (κ2) is 5.87. The predicted molar refractivity (Wildman–Crippen MR) is 90.8 cm³/mol. The summed E-state index contributed by atoms with van der Waals surface area (Å²) in [7, 11) is -3.63. The van der Waals surface area contributed by atoms with Crippen LogP contribution < -0.4 is 10.1 Å². The Labute approximate surface area is 144 Å². The van der Waals surface area contributed by atoms with Gasteiger partial charge in [-0.15, -0.1) is 11.3 Å². The lowest BCUT2D eigenvalue weighted by Gasteiger charge is -2.24. The first-order valence-electron chi connectivity index (χ1n) is 7.68. The molecule has 1 aromatic heterocycles. The lowest BCUT2D eigenvalue weighted by atomic mass is 10.2. The highest BCUT2D eigenvalue weighted by Gasteiger charge is 2.37. The third-order valence-corrected chi connectivity index (χ3v) is 7.14. The lowest BCUT2D eigenvalue weighted by Crippen LogP contribution is -2.31. The molecule has 1 aromatic carbocycles. The lowest BCUT2D eigenvalue weighted by molar-refractivity contribution is -0.118. The third-order valence-electron chi connectivity index (χ3n) is 4.27. The maximum atomic E-state index is 13.1. The summed E-state index contributed by atoms with van der Waals surface area (Å²) >= 11 is 1.58. The number of ether oxygens (including phenoxy) is 1. The van der Waals surface area contributed by atoms with Crippen LogP contribution in [0, 0.1) is 0 Å². The summed E-state index contributed by atoms with van der Waals surface area (Å²) in [5, 5.41) is 4.62. The summed E-state index contributed by atoms with van der Waals surface area (Å²) in [4.78, 5) is 12.7. The number of fused-ring (bicyclic) bond motifs is 1. The predicted octanol–water partition coefficient (Wildman–Crippen LogP) is 2.60. The fourth-order valence-corrected chi connectivity index (χ4v) is 5.79. The average Bonchev–Trinajstić information content (AvgIpc) is 3.25. The van der Waals surface area contributed by atoms with Gasteiger partial charge in [0.05, 0.1) is 16.6 Å². The van der Waals surface area contributed by atoms with Gasteiger partial charge in [-0.25, -0.2) is 8.42 Å². The Morgan fingerprint density at radius 1 is 1.29 bits per heavy atom. The first kappa shape index (κ1) is 15.6. The molecule has 0 spiro atoms. The van der Waals surface area contributed by atoms with Crippen molar-refractivity contribution in [1.29, 1.82) is 0 Å². The number of carbonyl (C=O) groups excluding carboxylic acids is 1. The molecule has 2 aromatic rings. The molecule has 1 saturated heterocycles. The normalized spacial score (nSPS) is 21.2. The number of anilines is 1. The molecule has 8 heteroatoms. The zero-order valence-electron chi connectivity index (χ0n) is 12.8. The molecule has 4 rings (SSSR count). The van der Waals surface area contributed by atoms with Crippen molar-refractivity contribution in [1.82, 2.24) is 4.31 Å². The Morgan fingerprint density at radius 2 is 2.17 bits per heavy atom. The van der Waals surface area contributed by atoms with Gasteiger partial charge in [0.2, 0.25) is 10.0 Å². The van der Waals surface area contributed by atoms with Gasteiger partial charge in [0.15, 0.2) is 6.61 Å². The van der Waals surface area contributed by atoms with Gasteiger partial charge in [-0.05, 0) is 42.5 Å². The number of hydrogen-bond donors (Lipinski definition) is 1. The molecule has 2 aliphatic rings. The number of benzene rings is 1. The molecular formula is C16H16N2O4S2. The molecule has 2 aliphatic heterocycles. The molecule has 1 unspecified atom stereocenters. The van der Waals surface area contributed by atoms with E-state index in [1.807, 2.05) is 17.5 Å². The molecule has 1 amide bonds. The van der Waals surface area contributed by atoms with E-state index in [-0.39, 0.29) is 23.5 Å². The summed E-state index contributed by atoms with van der Waals surface area (Å²) in [6, 6.07) is 8.41. The number of amides is 1. The SMILES string of the molecule is O=C1COc2ccc(S(=O)(=O)N3CCCC3c3cccs3)cc2N1. The van der Waals surface area contributed by atoms with Crippen LogP contribution in [-0.2, 0) is 14.8 Å². The first-order chi connectivity index (χ1) is 11.6. The van der Waals surface area contributed by atoms with Gasteiger partial charge in [-0.1, -0.05) is 6.07 Å². The Kier molecular flexibility index (Phi) is 3.82. The van der Waals surface area contributed by atoms with E-state index in [9.17, 15) is 13.2 Å². The van der Waals surface area contributed by atoms with Crippen molar-refractivity contribution in [2.24, 2.45) is 0 Å². The topological polar surface area (TPSA) is 75.7 Å². The number of nitrogens with one attached hydrogen (secondary N) is 1. The van der Waals surface area contributed by atoms with E-state index in [0.717, 1.165) is 17.7 Å². The fraction of sp³-hybridized carbons (Fsp3) is 0.312. The Bertz CT molecular complexity index is 877. The van der Waals surface area contributed by atoms with Gasteiger partial charge >= 0.3 is 0 Å². The van der Waals surface area contributed by atoms with Crippen LogP contribution in [0.2, 0.25) is 0 Å². The van der Waals surface area contributed by atoms with E-state index in [2.05, 4.69) is 5.32 Å². The third kappa shape index (κ3) is 2.60. The van der Waals surface area contributed by atoms with Crippen molar-refractivity contribution < 1.29 is 17.9 Å². The summed E-state index contributed by atoms with van der Waals surface area (Å²) in [6.45, 7) is 0.455. The average molecular weight is 364 g/mol. The quantitative estimate of drug-likeness (QED) is 0.908. The van der Waals surface area contributed by atoms with E-state index >= 15 is 0 Å². The number of sulfonamides is 1. The number of thiophene rings is 1. The number of nitrogens with zero attached hydrogens (tertiary/aromatic N) is 1. The van der Waals surface area contributed by atoms with Crippen molar-refractivity contribution >= 4 is 33.0 Å². The molecule has 1 N–H and O–H groups in total. The molecule has 0 saturated carbocycles. The van der Waals surface area contributed by atoms with Crippen molar-refractivity contribution in [2.45, 2.75) is 23.8 Å². The Hall–Kier alpha value is -1.90. The van der Waals surface area contributed by atoms with Crippen molar-refractivity contribution in [3.8, 4) is 5.75 Å². The van der Waals surface area contributed by atoms with Crippen molar-refractivity contribution in [2.75, 3.05) is 18.5 Å². The van der Waals surface area contributed by atoms with Crippen LogP contribution in [0.15, 0.2) is 40.6 Å². The van der Waals surface area contributed by atoms with E-state index in [4.69, 9.17) is 4.74 Å². The van der Waals surface area contributed by atoms with Crippen LogP contribution in [0.3, 0.4) is 0 Å². The van der Waals surface area contributed by atoms with Gasteiger partial charge in [0.1, 0.15) is 5.75 Å². The number of carbonyl (C=O) groups is 1. The van der Waals surface area contributed by atoms with Crippen LogP contribution in [-0.4, -0.2) is 31.8 Å². The zero-order valence-corrected chi connectivity index (χ0v) is 14.4. The van der Waals surface area contributed by atoms with Crippen molar-refractivity contribution in [3.05, 3.63) is 40.6 Å². The van der Waals surface area contributed by atoms with E-state index in [1.165, 1.54) is 12.1 Å². The Balaban J connectivity index is 1.70. The molecule has 1 fully saturated rings. The second-order valence-electron chi connectivity index (χ2n) is 5.78. The van der Waals surface area contributed by atoms with Crippen LogP contribution in [0.5, 0.6) is 5.75 Å². The maximum Gasteiger partial charge on any atom is 0.262 e. The minimum absolute atomic E-state index is 0.0499. The fourth-order valence-electron chi connectivity index (χ4n) is 3.15. The van der Waals surface area contributed by atoms with Gasteiger partial charge < -0.3 is 10.1 Å². The molecule has 1 atom stereocenters. The van der Waals surface area contributed by atoms with Gasteiger partial charge in [-0.3, -0.25) is 4.79 Å². The van der Waals surface area contributed by atoms with E-state index < -0.39 is 10.0 Å². The van der Waals surface area contributed by atoms with E-state index in [1.54, 1.807) is 21.7 Å². The monoisotopic (exact) mass is 364 g/mol. The van der Waals surface area contributed by atoms with Crippen molar-refractivity contribution in [3.63, 3.8) is 0 Å². The maximum absolute atomic E-state index is 13.1. The molecular weight excluding hydrogens is 348 g/mol. The van der Waals surface area contributed by atoms with Crippen LogP contribution in [0.1, 0.15) is 23.8 Å². The van der Waals surface area contributed by atoms with Crippen LogP contribution >= 0.6 is 11.3 Å². The van der Waals surface area contributed by atoms with Gasteiger partial charge in [0.25, 0.3) is 5.91 Å². The van der Waals surface area contributed by atoms with Gasteiger partial charge in [-0.2, -0.15) is 4.31 Å². The summed E-state index contributed by atoms with van der Waals surface area (Å²) in [5.41, 5.74) is 0.402. The molecule has 24 heavy (non-hydrogen) atoms. The highest BCUT2D eigenvalue weighted by Crippen LogP contribution is 2.39. The molecule has 6 nitrogen and oxygen atoms in total. The van der Waals surface area contributed by atoms with Gasteiger partial charge in [0, 0.05) is 11.4 Å². The molecule has 3 heterocycles. The summed E-state index contributed by atoms with van der Waals surface area (Å²) in [6.07, 6.45) is 1.66. The van der Waals surface area contributed by atoms with E-state index in [0.29, 0.717) is 18.0 Å². The Morgan fingerprint density at radius 3 is 2.96 bits per heavy atom. The number of hydrogen-bond acceptors (Lipinski definition) is 5. The zero-order chi connectivity index (χ0) is 16.7. The highest BCUT2D eigenvalue weighted by molar-refractivity contribution is 7.89. The molecule has 0 radical (unpaired) electrons. The first-order valence-corrected chi connectivity index (χ1v) is 9.99.